The lowest BCUT2D eigenvalue weighted by Crippen LogP contribution is -1.99. The minimum absolute atomic E-state index is 0.0981. The number of ether oxygens (including phenoxy) is 2. The zero-order chi connectivity index (χ0) is 14.7. The van der Waals surface area contributed by atoms with E-state index in [0.717, 1.165) is 16.2 Å². The summed E-state index contributed by atoms with van der Waals surface area (Å²) in [5.41, 5.74) is 1.50. The molecule has 1 heterocycles. The Hall–Kier alpha value is -2.20. The number of carbonyl (C=O) groups is 1. The molecule has 0 bridgehead atoms. The lowest BCUT2D eigenvalue weighted by Gasteiger charge is -2.08. The maximum absolute atomic E-state index is 12.4. The Kier molecular flexibility index (Phi) is 3.97. The van der Waals surface area contributed by atoms with E-state index in [4.69, 9.17) is 9.47 Å². The van der Waals surface area contributed by atoms with E-state index < -0.39 is 0 Å². The molecule has 0 amide bonds. The molecule has 0 N–H and O–H groups in total. The van der Waals surface area contributed by atoms with Crippen LogP contribution in [0, 0.1) is 0 Å². The normalized spacial score (nSPS) is 13.0. The van der Waals surface area contributed by atoms with Gasteiger partial charge in [0.25, 0.3) is 0 Å². The molecule has 21 heavy (non-hydrogen) atoms. The van der Waals surface area contributed by atoms with Crippen molar-refractivity contribution in [3.8, 4) is 11.5 Å². The highest BCUT2D eigenvalue weighted by atomic mass is 32.2. The molecule has 0 aliphatic carbocycles. The van der Waals surface area contributed by atoms with E-state index in [1.165, 1.54) is 0 Å². The third-order valence-corrected chi connectivity index (χ3v) is 4.05. The summed E-state index contributed by atoms with van der Waals surface area (Å²) in [6, 6.07) is 13.3. The number of ketones is 1. The number of allylic oxidation sites excluding steroid dienone is 1. The van der Waals surface area contributed by atoms with Gasteiger partial charge in [0.15, 0.2) is 5.78 Å². The van der Waals surface area contributed by atoms with Crippen molar-refractivity contribution >= 4 is 23.6 Å². The molecule has 0 unspecified atom stereocenters. The van der Waals surface area contributed by atoms with Crippen LogP contribution in [0.3, 0.4) is 0 Å². The van der Waals surface area contributed by atoms with Gasteiger partial charge in [0.05, 0.1) is 17.6 Å². The zero-order valence-electron chi connectivity index (χ0n) is 11.5. The lowest BCUT2D eigenvalue weighted by atomic mass is 10.1. The van der Waals surface area contributed by atoms with Crippen molar-refractivity contribution in [3.05, 3.63) is 59.7 Å². The average Bonchev–Trinajstić information content (AvgIpc) is 2.99. The monoisotopic (exact) mass is 298 g/mol. The van der Waals surface area contributed by atoms with Crippen LogP contribution in [0.4, 0.5) is 0 Å². The van der Waals surface area contributed by atoms with Gasteiger partial charge in [-0.25, -0.2) is 0 Å². The highest BCUT2D eigenvalue weighted by Gasteiger charge is 2.19. The van der Waals surface area contributed by atoms with E-state index in [9.17, 15) is 4.79 Å². The van der Waals surface area contributed by atoms with Crippen LogP contribution in [0.15, 0.2) is 53.4 Å². The summed E-state index contributed by atoms with van der Waals surface area (Å²) in [4.78, 5) is 13.4. The van der Waals surface area contributed by atoms with Crippen LogP contribution < -0.4 is 9.47 Å². The van der Waals surface area contributed by atoms with Crippen LogP contribution in [0.2, 0.25) is 0 Å². The number of thioether (sulfide) groups is 1. The van der Waals surface area contributed by atoms with Crippen molar-refractivity contribution in [3.63, 3.8) is 0 Å². The highest BCUT2D eigenvalue weighted by molar-refractivity contribution is 7.99. The molecule has 0 saturated carbocycles. The van der Waals surface area contributed by atoms with E-state index in [1.807, 2.05) is 36.4 Å². The zero-order valence-corrected chi connectivity index (χ0v) is 12.4. The molecule has 1 aliphatic heterocycles. The molecular formula is C17H14O3S. The van der Waals surface area contributed by atoms with Gasteiger partial charge in [-0.05, 0) is 23.8 Å². The second-order valence-electron chi connectivity index (χ2n) is 4.51. The molecule has 3 nitrogen and oxygen atoms in total. The minimum atomic E-state index is -0.0981. The van der Waals surface area contributed by atoms with E-state index >= 15 is 0 Å². The number of hydrogen-bond acceptors (Lipinski definition) is 4. The predicted octanol–water partition coefficient (Wildman–Crippen LogP) is 4.03. The Morgan fingerprint density at radius 1 is 1.29 bits per heavy atom. The first-order valence-corrected chi connectivity index (χ1v) is 7.51. The standard InChI is InChI=1S/C17H14O3S/c1-19-15-10-17-16(20-11-21-17)9-13(15)14(18)8-7-12-5-3-2-4-6-12/h2-10H,11H2,1H3/b8-7+. The Labute approximate surface area is 127 Å². The number of methoxy groups -OCH3 is 1. The summed E-state index contributed by atoms with van der Waals surface area (Å²) in [6.45, 7) is 0. The van der Waals surface area contributed by atoms with E-state index in [0.29, 0.717) is 17.3 Å². The molecule has 1 aliphatic rings. The average molecular weight is 298 g/mol. The molecule has 0 atom stereocenters. The van der Waals surface area contributed by atoms with Crippen LogP contribution in [0.1, 0.15) is 15.9 Å². The second-order valence-corrected chi connectivity index (χ2v) is 5.48. The minimum Gasteiger partial charge on any atom is -0.496 e. The maximum Gasteiger partial charge on any atom is 0.189 e. The smallest absolute Gasteiger partial charge is 0.189 e. The molecule has 2 aromatic carbocycles. The van der Waals surface area contributed by atoms with Gasteiger partial charge in [-0.3, -0.25) is 4.79 Å². The van der Waals surface area contributed by atoms with Crippen LogP contribution in [-0.4, -0.2) is 18.8 Å². The van der Waals surface area contributed by atoms with Gasteiger partial charge in [-0.2, -0.15) is 0 Å². The summed E-state index contributed by atoms with van der Waals surface area (Å²) in [6.07, 6.45) is 3.35. The summed E-state index contributed by atoms with van der Waals surface area (Å²) >= 11 is 1.60. The molecule has 0 aromatic heterocycles. The molecule has 0 spiro atoms. The van der Waals surface area contributed by atoms with Crippen molar-refractivity contribution < 1.29 is 14.3 Å². The van der Waals surface area contributed by atoms with Crippen LogP contribution in [-0.2, 0) is 0 Å². The van der Waals surface area contributed by atoms with Gasteiger partial charge in [-0.1, -0.05) is 48.2 Å². The third kappa shape index (κ3) is 2.95. The van der Waals surface area contributed by atoms with Gasteiger partial charge in [0.1, 0.15) is 17.4 Å². The molecule has 0 radical (unpaired) electrons. The number of fused-ring (bicyclic) bond motifs is 1. The predicted molar refractivity (Wildman–Crippen MR) is 84.2 cm³/mol. The fraction of sp³-hybridized carbons (Fsp3) is 0.118. The Balaban J connectivity index is 1.89. The molecule has 2 aromatic rings. The number of rotatable bonds is 4. The highest BCUT2D eigenvalue weighted by Crippen LogP contribution is 2.40. The number of hydrogen-bond donors (Lipinski definition) is 0. The first-order valence-electron chi connectivity index (χ1n) is 6.53. The molecule has 3 rings (SSSR count). The van der Waals surface area contributed by atoms with Gasteiger partial charge in [0.2, 0.25) is 0 Å². The van der Waals surface area contributed by atoms with E-state index in [1.54, 1.807) is 37.1 Å². The first kappa shape index (κ1) is 13.8. The largest absolute Gasteiger partial charge is 0.496 e. The van der Waals surface area contributed by atoms with E-state index in [2.05, 4.69) is 0 Å². The third-order valence-electron chi connectivity index (χ3n) is 3.19. The summed E-state index contributed by atoms with van der Waals surface area (Å²) < 4.78 is 10.8. The summed E-state index contributed by atoms with van der Waals surface area (Å²) in [7, 11) is 1.57. The Morgan fingerprint density at radius 3 is 2.86 bits per heavy atom. The first-order chi connectivity index (χ1) is 10.3. The molecule has 106 valence electrons. The fourth-order valence-corrected chi connectivity index (χ4v) is 2.87. The van der Waals surface area contributed by atoms with Gasteiger partial charge in [0, 0.05) is 0 Å². The lowest BCUT2D eigenvalue weighted by molar-refractivity contribution is 0.104. The fourth-order valence-electron chi connectivity index (χ4n) is 2.11. The van der Waals surface area contributed by atoms with Gasteiger partial charge in [-0.15, -0.1) is 0 Å². The summed E-state index contributed by atoms with van der Waals surface area (Å²) in [5.74, 6) is 1.81. The maximum atomic E-state index is 12.4. The van der Waals surface area contributed by atoms with Crippen molar-refractivity contribution in [2.45, 2.75) is 4.90 Å². The number of carbonyl (C=O) groups excluding carboxylic acids is 1. The van der Waals surface area contributed by atoms with Crippen LogP contribution >= 0.6 is 11.8 Å². The second kappa shape index (κ2) is 6.06. The molecular weight excluding hydrogens is 284 g/mol. The Bertz CT molecular complexity index is 693. The van der Waals surface area contributed by atoms with Crippen molar-refractivity contribution in [2.75, 3.05) is 13.0 Å². The molecule has 0 fully saturated rings. The SMILES string of the molecule is COc1cc2c(cc1C(=O)/C=C/c1ccccc1)OCS2. The molecule has 0 saturated heterocycles. The quantitative estimate of drug-likeness (QED) is 0.630. The van der Waals surface area contributed by atoms with Crippen molar-refractivity contribution in [1.29, 1.82) is 0 Å². The van der Waals surface area contributed by atoms with Crippen molar-refractivity contribution in [1.82, 2.24) is 0 Å². The topological polar surface area (TPSA) is 35.5 Å². The van der Waals surface area contributed by atoms with Crippen LogP contribution in [0.5, 0.6) is 11.5 Å². The van der Waals surface area contributed by atoms with Gasteiger partial charge >= 0.3 is 0 Å². The molecule has 4 heteroatoms. The van der Waals surface area contributed by atoms with E-state index in [-0.39, 0.29) is 5.78 Å². The number of benzene rings is 2. The van der Waals surface area contributed by atoms with Gasteiger partial charge < -0.3 is 9.47 Å². The summed E-state index contributed by atoms with van der Waals surface area (Å²) in [5, 5.41) is 0. The Morgan fingerprint density at radius 2 is 2.10 bits per heavy atom. The van der Waals surface area contributed by atoms with Crippen LogP contribution in [0.25, 0.3) is 6.08 Å². The van der Waals surface area contributed by atoms with Crippen molar-refractivity contribution in [2.24, 2.45) is 0 Å².